The van der Waals surface area contributed by atoms with Crippen LogP contribution in [0.5, 0.6) is 0 Å². The Morgan fingerprint density at radius 2 is 1.14 bits per heavy atom. The highest BCUT2D eigenvalue weighted by atomic mass is 79.9. The lowest BCUT2D eigenvalue weighted by molar-refractivity contribution is -0.157. The summed E-state index contributed by atoms with van der Waals surface area (Å²) in [5.41, 5.74) is 2.28. The molecule has 3 rings (SSSR count). The number of hydrogen-bond donors (Lipinski definition) is 2. The molecule has 0 heterocycles. The lowest BCUT2D eigenvalue weighted by Crippen LogP contribution is -2.48. The highest BCUT2D eigenvalue weighted by Crippen LogP contribution is 2.18. The summed E-state index contributed by atoms with van der Waals surface area (Å²) in [6.45, 7) is 3.65. The molecule has 0 radical (unpaired) electrons. The smallest absolute Gasteiger partial charge is 0.349 e. The summed E-state index contributed by atoms with van der Waals surface area (Å²) < 4.78 is 11.2. The van der Waals surface area contributed by atoms with Gasteiger partial charge in [-0.05, 0) is 62.4 Å². The van der Waals surface area contributed by atoms with Crippen LogP contribution in [-0.4, -0.2) is 41.1 Å². The molecule has 3 aromatic rings. The van der Waals surface area contributed by atoms with Crippen molar-refractivity contribution >= 4 is 45.4 Å². The maximum Gasteiger partial charge on any atom is 0.349 e. The summed E-state index contributed by atoms with van der Waals surface area (Å²) in [5.74, 6) is -4.56. The van der Waals surface area contributed by atoms with Crippen LogP contribution >= 0.6 is 15.9 Å². The Hall–Kier alpha value is -3.98. The van der Waals surface area contributed by atoms with E-state index in [4.69, 9.17) is 9.47 Å². The van der Waals surface area contributed by atoms with E-state index in [-0.39, 0.29) is 11.1 Å². The summed E-state index contributed by atoms with van der Waals surface area (Å²) >= 11 is 3.28. The van der Waals surface area contributed by atoms with Gasteiger partial charge < -0.3 is 19.9 Å². The molecule has 0 aliphatic heterocycles. The van der Waals surface area contributed by atoms with Crippen LogP contribution in [0, 0.1) is 13.8 Å². The summed E-state index contributed by atoms with van der Waals surface area (Å²) in [6, 6.07) is 19.0. The van der Waals surface area contributed by atoms with Gasteiger partial charge in [0.1, 0.15) is 0 Å². The van der Waals surface area contributed by atoms with E-state index in [1.54, 1.807) is 48.5 Å². The molecule has 0 bridgehead atoms. The van der Waals surface area contributed by atoms with Crippen molar-refractivity contribution in [2.45, 2.75) is 26.1 Å². The van der Waals surface area contributed by atoms with E-state index in [2.05, 4.69) is 21.2 Å². The molecule has 0 saturated carbocycles. The van der Waals surface area contributed by atoms with Crippen molar-refractivity contribution in [3.63, 3.8) is 0 Å². The number of rotatable bonds is 8. The molecule has 0 aliphatic rings. The van der Waals surface area contributed by atoms with Crippen molar-refractivity contribution < 1.29 is 33.8 Å². The van der Waals surface area contributed by atoms with Crippen LogP contribution in [0.2, 0.25) is 0 Å². The van der Waals surface area contributed by atoms with Gasteiger partial charge in [-0.3, -0.25) is 4.79 Å². The monoisotopic (exact) mass is 539 g/mol. The van der Waals surface area contributed by atoms with Gasteiger partial charge in [0.25, 0.3) is 5.91 Å². The van der Waals surface area contributed by atoms with Crippen molar-refractivity contribution in [2.75, 3.05) is 5.32 Å². The fourth-order valence-corrected chi connectivity index (χ4v) is 3.25. The second-order valence-corrected chi connectivity index (χ2v) is 8.63. The van der Waals surface area contributed by atoms with E-state index in [1.165, 1.54) is 24.3 Å². The third-order valence-corrected chi connectivity index (χ3v) is 5.46. The first-order valence-electron chi connectivity index (χ1n) is 10.5. The maximum atomic E-state index is 13.1. The number of carboxylic acid groups (broad SMARTS) is 1. The van der Waals surface area contributed by atoms with Crippen molar-refractivity contribution in [3.8, 4) is 0 Å². The van der Waals surface area contributed by atoms with Gasteiger partial charge in [0.15, 0.2) is 0 Å². The molecule has 0 spiro atoms. The van der Waals surface area contributed by atoms with Gasteiger partial charge in [0.05, 0.1) is 11.1 Å². The minimum absolute atomic E-state index is 0.0822. The van der Waals surface area contributed by atoms with Gasteiger partial charge in [-0.15, -0.1) is 0 Å². The molecule has 1 amide bonds. The van der Waals surface area contributed by atoms with Gasteiger partial charge in [-0.25, -0.2) is 14.4 Å². The number of halogens is 1. The Balaban J connectivity index is 1.90. The summed E-state index contributed by atoms with van der Waals surface area (Å²) in [5, 5.41) is 12.3. The van der Waals surface area contributed by atoms with Crippen molar-refractivity contribution in [1.29, 1.82) is 0 Å². The highest BCUT2D eigenvalue weighted by molar-refractivity contribution is 9.10. The maximum absolute atomic E-state index is 13.1. The number of anilines is 1. The van der Waals surface area contributed by atoms with Crippen molar-refractivity contribution in [3.05, 3.63) is 99.5 Å². The van der Waals surface area contributed by atoms with E-state index >= 15 is 0 Å². The number of hydrogen-bond acceptors (Lipinski definition) is 6. The lowest BCUT2D eigenvalue weighted by Gasteiger charge is -2.23. The van der Waals surface area contributed by atoms with Crippen LogP contribution in [0.15, 0.2) is 77.3 Å². The van der Waals surface area contributed by atoms with E-state index in [0.29, 0.717) is 5.69 Å². The van der Waals surface area contributed by atoms with Crippen molar-refractivity contribution in [1.82, 2.24) is 0 Å². The van der Waals surface area contributed by atoms with Crippen LogP contribution in [0.1, 0.15) is 31.8 Å². The zero-order valence-electron chi connectivity index (χ0n) is 18.9. The van der Waals surface area contributed by atoms with Gasteiger partial charge in [0.2, 0.25) is 12.2 Å². The van der Waals surface area contributed by atoms with Gasteiger partial charge in [-0.2, -0.15) is 0 Å². The van der Waals surface area contributed by atoms with E-state index in [1.807, 2.05) is 13.8 Å². The Morgan fingerprint density at radius 1 is 0.714 bits per heavy atom. The topological polar surface area (TPSA) is 119 Å². The van der Waals surface area contributed by atoms with Crippen LogP contribution in [0.4, 0.5) is 5.69 Å². The number of carbonyl (C=O) groups excluding carboxylic acids is 3. The summed E-state index contributed by atoms with van der Waals surface area (Å²) in [4.78, 5) is 50.5. The quantitative estimate of drug-likeness (QED) is 0.403. The molecule has 0 aliphatic carbocycles. The van der Waals surface area contributed by atoms with Gasteiger partial charge in [0, 0.05) is 10.2 Å². The molecule has 9 heteroatoms. The fraction of sp³-hybridized carbons (Fsp3) is 0.154. The second kappa shape index (κ2) is 11.4. The first-order chi connectivity index (χ1) is 16.6. The molecule has 0 aromatic heterocycles. The average molecular weight is 540 g/mol. The van der Waals surface area contributed by atoms with Crippen LogP contribution < -0.4 is 5.32 Å². The SMILES string of the molecule is Cc1ccc(C(=O)O[C@@H](C(=O)O)[C@@H](OC(=O)c2ccc(C)cc2)C(=O)Nc2ccc(Br)cc2)cc1. The molecule has 0 saturated heterocycles. The molecular formula is C26H22BrNO7. The number of carboxylic acids is 1. The summed E-state index contributed by atoms with van der Waals surface area (Å²) in [6.07, 6.45) is -4.08. The Kier molecular flexibility index (Phi) is 8.38. The van der Waals surface area contributed by atoms with E-state index < -0.39 is 36.0 Å². The van der Waals surface area contributed by atoms with Crippen LogP contribution in [-0.2, 0) is 19.1 Å². The van der Waals surface area contributed by atoms with Gasteiger partial charge >= 0.3 is 17.9 Å². The number of benzene rings is 3. The lowest BCUT2D eigenvalue weighted by atomic mass is 10.1. The number of amides is 1. The molecule has 8 nitrogen and oxygen atoms in total. The van der Waals surface area contributed by atoms with E-state index in [9.17, 15) is 24.3 Å². The number of ether oxygens (including phenoxy) is 2. The fourth-order valence-electron chi connectivity index (χ4n) is 2.99. The minimum Gasteiger partial charge on any atom is -0.478 e. The highest BCUT2D eigenvalue weighted by Gasteiger charge is 2.41. The first-order valence-corrected chi connectivity index (χ1v) is 11.3. The standard InChI is InChI=1S/C26H22BrNO7/c1-15-3-7-17(8-4-15)25(32)34-21(23(29)28-20-13-11-19(27)12-14-20)22(24(30)31)35-26(33)18-9-5-16(2)6-10-18/h3-14,21-22H,1-2H3,(H,28,29)(H,30,31)/t21-,22-/m1/s1. The molecule has 3 aromatic carbocycles. The zero-order valence-corrected chi connectivity index (χ0v) is 20.4. The third-order valence-electron chi connectivity index (χ3n) is 4.93. The molecule has 0 fully saturated rings. The molecule has 35 heavy (non-hydrogen) atoms. The van der Waals surface area contributed by atoms with E-state index in [0.717, 1.165) is 15.6 Å². The number of nitrogens with one attached hydrogen (secondary N) is 1. The number of esters is 2. The zero-order chi connectivity index (χ0) is 25.5. The second-order valence-electron chi connectivity index (χ2n) is 7.72. The summed E-state index contributed by atoms with van der Waals surface area (Å²) in [7, 11) is 0. The van der Waals surface area contributed by atoms with Crippen LogP contribution in [0.25, 0.3) is 0 Å². The number of aryl methyl sites for hydroxylation is 2. The Bertz CT molecular complexity index is 1220. The number of aliphatic carboxylic acids is 1. The van der Waals surface area contributed by atoms with Crippen molar-refractivity contribution in [2.24, 2.45) is 0 Å². The predicted molar refractivity (Wildman–Crippen MR) is 131 cm³/mol. The third kappa shape index (κ3) is 7.00. The molecule has 180 valence electrons. The first kappa shape index (κ1) is 25.6. The minimum atomic E-state index is -2.10. The predicted octanol–water partition coefficient (Wildman–Crippen LogP) is 4.54. The molecular weight excluding hydrogens is 518 g/mol. The Morgan fingerprint density at radius 3 is 1.57 bits per heavy atom. The largest absolute Gasteiger partial charge is 0.478 e. The average Bonchev–Trinajstić information content (AvgIpc) is 2.83. The molecule has 2 N–H and O–H groups in total. The Labute approximate surface area is 210 Å². The normalized spacial score (nSPS) is 12.2. The molecule has 2 atom stereocenters. The number of carbonyl (C=O) groups is 4. The molecule has 0 unspecified atom stereocenters. The van der Waals surface area contributed by atoms with Gasteiger partial charge in [-0.1, -0.05) is 51.3 Å². The van der Waals surface area contributed by atoms with Crippen LogP contribution in [0.3, 0.4) is 0 Å².